The van der Waals surface area contributed by atoms with Crippen molar-refractivity contribution in [1.29, 1.82) is 0 Å². The summed E-state index contributed by atoms with van der Waals surface area (Å²) in [6.07, 6.45) is 5.47. The van der Waals surface area contributed by atoms with E-state index in [0.717, 1.165) is 50.1 Å². The van der Waals surface area contributed by atoms with Gasteiger partial charge in [-0.25, -0.2) is 0 Å². The van der Waals surface area contributed by atoms with Crippen molar-refractivity contribution in [2.75, 3.05) is 24.5 Å². The second-order valence-corrected chi connectivity index (χ2v) is 6.84. The highest BCUT2D eigenvalue weighted by Gasteiger charge is 2.19. The molecule has 0 aliphatic carbocycles. The Morgan fingerprint density at radius 1 is 1.25 bits per heavy atom. The van der Waals surface area contributed by atoms with Crippen LogP contribution in [0.2, 0.25) is 0 Å². The van der Waals surface area contributed by atoms with Gasteiger partial charge in [0, 0.05) is 31.6 Å². The second-order valence-electron chi connectivity index (χ2n) is 6.84. The van der Waals surface area contributed by atoms with Crippen LogP contribution >= 0.6 is 0 Å². The predicted molar refractivity (Wildman–Crippen MR) is 94.7 cm³/mol. The van der Waals surface area contributed by atoms with Crippen molar-refractivity contribution < 1.29 is 9.59 Å². The molecule has 0 radical (unpaired) electrons. The first-order valence-electron chi connectivity index (χ1n) is 9.09. The van der Waals surface area contributed by atoms with E-state index in [9.17, 15) is 9.59 Å². The molecule has 2 heterocycles. The number of amides is 2. The Morgan fingerprint density at radius 3 is 2.79 bits per heavy atom. The smallest absolute Gasteiger partial charge is 0.226 e. The summed E-state index contributed by atoms with van der Waals surface area (Å²) < 4.78 is 0. The van der Waals surface area contributed by atoms with Gasteiger partial charge in [0.2, 0.25) is 11.8 Å². The number of nitrogens with zero attached hydrogens (tertiary/aromatic N) is 1. The van der Waals surface area contributed by atoms with Gasteiger partial charge in [-0.15, -0.1) is 0 Å². The first kappa shape index (κ1) is 17.0. The number of benzene rings is 1. The Morgan fingerprint density at radius 2 is 2.08 bits per heavy atom. The van der Waals surface area contributed by atoms with Crippen LogP contribution in [-0.4, -0.2) is 31.4 Å². The van der Waals surface area contributed by atoms with E-state index >= 15 is 0 Å². The summed E-state index contributed by atoms with van der Waals surface area (Å²) in [5.74, 6) is 0.984. The van der Waals surface area contributed by atoms with Gasteiger partial charge in [0.15, 0.2) is 0 Å². The molecule has 1 unspecified atom stereocenters. The van der Waals surface area contributed by atoms with Gasteiger partial charge in [0.05, 0.1) is 0 Å². The molecule has 2 aliphatic rings. The van der Waals surface area contributed by atoms with Gasteiger partial charge >= 0.3 is 0 Å². The molecule has 0 aromatic heterocycles. The van der Waals surface area contributed by atoms with Gasteiger partial charge < -0.3 is 15.5 Å². The van der Waals surface area contributed by atoms with Crippen molar-refractivity contribution in [1.82, 2.24) is 10.6 Å². The van der Waals surface area contributed by atoms with E-state index in [1.807, 2.05) is 29.2 Å². The highest BCUT2D eigenvalue weighted by molar-refractivity contribution is 5.93. The Balaban J connectivity index is 1.43. The number of nitrogens with one attached hydrogen (secondary N) is 2. The Bertz CT molecular complexity index is 564. The summed E-state index contributed by atoms with van der Waals surface area (Å²) in [4.78, 5) is 25.7. The van der Waals surface area contributed by atoms with Crippen LogP contribution in [0.15, 0.2) is 24.3 Å². The van der Waals surface area contributed by atoms with Crippen molar-refractivity contribution in [3.8, 4) is 0 Å². The summed E-state index contributed by atoms with van der Waals surface area (Å²) in [7, 11) is 0. The Hall–Kier alpha value is -1.88. The molecule has 1 aromatic carbocycles. The fraction of sp³-hybridized carbons (Fsp3) is 0.579. The van der Waals surface area contributed by atoms with Crippen LogP contribution < -0.4 is 15.5 Å². The average Bonchev–Trinajstić information content (AvgIpc) is 3.13. The number of carbonyl (C=O) groups excluding carboxylic acids is 2. The molecule has 5 heteroatoms. The molecule has 2 saturated heterocycles. The first-order valence-corrected chi connectivity index (χ1v) is 9.09. The zero-order valence-electron chi connectivity index (χ0n) is 14.2. The molecular formula is C19H27N3O2. The summed E-state index contributed by atoms with van der Waals surface area (Å²) in [6.45, 7) is 3.49. The van der Waals surface area contributed by atoms with Gasteiger partial charge in [-0.05, 0) is 62.4 Å². The predicted octanol–water partition coefficient (Wildman–Crippen LogP) is 2.21. The lowest BCUT2D eigenvalue weighted by Gasteiger charge is -2.26. The maximum atomic E-state index is 11.9. The van der Waals surface area contributed by atoms with Crippen molar-refractivity contribution in [3.05, 3.63) is 29.8 Å². The van der Waals surface area contributed by atoms with Crippen molar-refractivity contribution in [3.63, 3.8) is 0 Å². The van der Waals surface area contributed by atoms with Crippen LogP contribution in [0, 0.1) is 5.92 Å². The van der Waals surface area contributed by atoms with E-state index in [4.69, 9.17) is 0 Å². The van der Waals surface area contributed by atoms with Gasteiger partial charge in [-0.3, -0.25) is 9.59 Å². The number of hydrogen-bond donors (Lipinski definition) is 2. The topological polar surface area (TPSA) is 61.4 Å². The summed E-state index contributed by atoms with van der Waals surface area (Å²) in [5, 5.41) is 6.32. The van der Waals surface area contributed by atoms with Crippen LogP contribution in [0.1, 0.15) is 44.1 Å². The second kappa shape index (κ2) is 8.29. The number of hydrogen-bond acceptors (Lipinski definition) is 3. The molecule has 3 rings (SSSR count). The van der Waals surface area contributed by atoms with E-state index in [1.165, 1.54) is 6.42 Å². The SMILES string of the molecule is O=C(CCC1CCNC1)NCc1ccc(N2CCCCC2=O)cc1. The minimum Gasteiger partial charge on any atom is -0.352 e. The third-order valence-corrected chi connectivity index (χ3v) is 5.00. The molecule has 24 heavy (non-hydrogen) atoms. The van der Waals surface area contributed by atoms with Crippen molar-refractivity contribution in [2.45, 2.75) is 45.1 Å². The molecule has 0 saturated carbocycles. The van der Waals surface area contributed by atoms with Gasteiger partial charge in [-0.2, -0.15) is 0 Å². The lowest BCUT2D eigenvalue weighted by atomic mass is 10.0. The molecule has 5 nitrogen and oxygen atoms in total. The van der Waals surface area contributed by atoms with Crippen LogP contribution in [0.5, 0.6) is 0 Å². The monoisotopic (exact) mass is 329 g/mol. The van der Waals surface area contributed by atoms with Crippen LogP contribution in [0.4, 0.5) is 5.69 Å². The Kier molecular flexibility index (Phi) is 5.86. The summed E-state index contributed by atoms with van der Waals surface area (Å²) >= 11 is 0. The number of rotatable bonds is 6. The van der Waals surface area contributed by atoms with Gasteiger partial charge in [0.1, 0.15) is 0 Å². The van der Waals surface area contributed by atoms with Crippen LogP contribution in [0.25, 0.3) is 0 Å². The van der Waals surface area contributed by atoms with E-state index in [-0.39, 0.29) is 11.8 Å². The normalized spacial score (nSPS) is 21.1. The summed E-state index contributed by atoms with van der Waals surface area (Å²) in [6, 6.07) is 7.96. The van der Waals surface area contributed by atoms with E-state index in [2.05, 4.69) is 10.6 Å². The zero-order chi connectivity index (χ0) is 16.8. The van der Waals surface area contributed by atoms with E-state index in [0.29, 0.717) is 25.3 Å². The molecule has 2 aliphatic heterocycles. The fourth-order valence-corrected chi connectivity index (χ4v) is 3.46. The molecule has 1 aromatic rings. The summed E-state index contributed by atoms with van der Waals surface area (Å²) in [5.41, 5.74) is 2.03. The van der Waals surface area contributed by atoms with Crippen molar-refractivity contribution >= 4 is 17.5 Å². The first-order chi connectivity index (χ1) is 11.7. The maximum Gasteiger partial charge on any atom is 0.226 e. The number of piperidine rings is 1. The molecule has 2 amide bonds. The molecule has 2 fully saturated rings. The van der Waals surface area contributed by atoms with Crippen LogP contribution in [0.3, 0.4) is 0 Å². The van der Waals surface area contributed by atoms with Gasteiger partial charge in [0.25, 0.3) is 0 Å². The van der Waals surface area contributed by atoms with Crippen LogP contribution in [-0.2, 0) is 16.1 Å². The standard InChI is InChI=1S/C19H27N3O2/c23-18(9-6-16-10-11-20-13-16)21-14-15-4-7-17(8-5-15)22-12-2-1-3-19(22)24/h4-5,7-8,16,20H,1-3,6,9-14H2,(H,21,23). The molecule has 0 spiro atoms. The highest BCUT2D eigenvalue weighted by Crippen LogP contribution is 2.21. The minimum atomic E-state index is 0.122. The van der Waals surface area contributed by atoms with E-state index in [1.54, 1.807) is 0 Å². The quantitative estimate of drug-likeness (QED) is 0.841. The fourth-order valence-electron chi connectivity index (χ4n) is 3.46. The maximum absolute atomic E-state index is 11.9. The third kappa shape index (κ3) is 4.57. The zero-order valence-corrected chi connectivity index (χ0v) is 14.2. The molecule has 130 valence electrons. The lowest BCUT2D eigenvalue weighted by Crippen LogP contribution is -2.35. The number of anilines is 1. The largest absolute Gasteiger partial charge is 0.352 e. The third-order valence-electron chi connectivity index (χ3n) is 5.00. The lowest BCUT2D eigenvalue weighted by molar-refractivity contribution is -0.121. The molecular weight excluding hydrogens is 302 g/mol. The number of carbonyl (C=O) groups is 2. The highest BCUT2D eigenvalue weighted by atomic mass is 16.2. The van der Waals surface area contributed by atoms with Gasteiger partial charge in [-0.1, -0.05) is 12.1 Å². The average molecular weight is 329 g/mol. The molecule has 1 atom stereocenters. The van der Waals surface area contributed by atoms with Crippen molar-refractivity contribution in [2.24, 2.45) is 5.92 Å². The van der Waals surface area contributed by atoms with E-state index < -0.39 is 0 Å². The minimum absolute atomic E-state index is 0.122. The Labute approximate surface area is 143 Å². The molecule has 0 bridgehead atoms. The molecule has 2 N–H and O–H groups in total.